The Morgan fingerprint density at radius 1 is 1.31 bits per heavy atom. The Hall–Kier alpha value is -1.90. The summed E-state index contributed by atoms with van der Waals surface area (Å²) in [6, 6.07) is 2.86. The van der Waals surface area contributed by atoms with Crippen LogP contribution in [0.5, 0.6) is 5.75 Å². The van der Waals surface area contributed by atoms with Crippen molar-refractivity contribution in [2.24, 2.45) is 0 Å². The lowest BCUT2D eigenvalue weighted by molar-refractivity contribution is -0.386. The number of unbranched alkanes of at least 4 members (excludes halogenated alkanes) is 1. The first-order chi connectivity index (χ1) is 15.3. The van der Waals surface area contributed by atoms with Crippen molar-refractivity contribution in [3.63, 3.8) is 0 Å². The summed E-state index contributed by atoms with van der Waals surface area (Å²) in [5.41, 5.74) is -0.323. The summed E-state index contributed by atoms with van der Waals surface area (Å²) >= 11 is 6.21. The lowest BCUT2D eigenvalue weighted by Crippen LogP contribution is -2.42. The van der Waals surface area contributed by atoms with Gasteiger partial charge in [0.15, 0.2) is 0 Å². The Balaban J connectivity index is 1.93. The van der Waals surface area contributed by atoms with Crippen LogP contribution in [0.2, 0.25) is 5.02 Å². The van der Waals surface area contributed by atoms with Crippen LogP contribution in [-0.2, 0) is 4.79 Å². The first-order valence-corrected chi connectivity index (χ1v) is 11.9. The summed E-state index contributed by atoms with van der Waals surface area (Å²) in [6.45, 7) is 4.14. The molecule has 1 saturated carbocycles. The molecule has 2 atom stereocenters. The molecular weight excluding hydrogens is 436 g/mol. The van der Waals surface area contributed by atoms with Gasteiger partial charge in [-0.3, -0.25) is 14.9 Å². The topological polar surface area (TPSA) is 113 Å². The van der Waals surface area contributed by atoms with Crippen LogP contribution in [-0.4, -0.2) is 51.2 Å². The van der Waals surface area contributed by atoms with Gasteiger partial charge in [0.2, 0.25) is 5.91 Å². The van der Waals surface area contributed by atoms with E-state index >= 15 is 0 Å². The van der Waals surface area contributed by atoms with E-state index in [-0.39, 0.29) is 47.4 Å². The summed E-state index contributed by atoms with van der Waals surface area (Å²) < 4.78 is 5.56. The Morgan fingerprint density at radius 3 is 2.59 bits per heavy atom. The maximum atomic E-state index is 12.9. The molecule has 1 amide bonds. The van der Waals surface area contributed by atoms with Crippen molar-refractivity contribution in [2.75, 3.05) is 13.2 Å². The van der Waals surface area contributed by atoms with E-state index in [4.69, 9.17) is 16.3 Å². The smallest absolute Gasteiger partial charge is 0.276 e. The third kappa shape index (κ3) is 7.32. The van der Waals surface area contributed by atoms with Crippen molar-refractivity contribution in [1.29, 1.82) is 0 Å². The lowest BCUT2D eigenvalue weighted by atomic mass is 9.93. The minimum absolute atomic E-state index is 0.0297. The van der Waals surface area contributed by atoms with E-state index in [1.165, 1.54) is 25.5 Å². The van der Waals surface area contributed by atoms with E-state index in [9.17, 15) is 25.1 Å². The van der Waals surface area contributed by atoms with Gasteiger partial charge in [0.1, 0.15) is 12.4 Å². The molecule has 0 spiro atoms. The number of ether oxygens (including phenoxy) is 1. The average molecular weight is 471 g/mol. The molecule has 0 aliphatic heterocycles. The fraction of sp³-hybridized carbons (Fsp3) is 0.696. The second kappa shape index (κ2) is 13.0. The number of nitro benzene ring substituents is 1. The molecule has 1 aromatic rings. The number of nitro groups is 1. The summed E-state index contributed by atoms with van der Waals surface area (Å²) in [5.74, 6) is 0.208. The molecule has 1 aliphatic carbocycles. The van der Waals surface area contributed by atoms with Gasteiger partial charge in [-0.25, -0.2) is 0 Å². The molecule has 2 unspecified atom stereocenters. The molecule has 0 saturated heterocycles. The van der Waals surface area contributed by atoms with Gasteiger partial charge in [-0.05, 0) is 38.7 Å². The highest BCUT2D eigenvalue weighted by molar-refractivity contribution is 6.33. The Labute approximate surface area is 194 Å². The first-order valence-electron chi connectivity index (χ1n) is 11.5. The van der Waals surface area contributed by atoms with Crippen LogP contribution < -0.4 is 4.74 Å². The lowest BCUT2D eigenvalue weighted by Gasteiger charge is -2.34. The summed E-state index contributed by atoms with van der Waals surface area (Å²) in [6.07, 6.45) is 6.07. The summed E-state index contributed by atoms with van der Waals surface area (Å²) in [4.78, 5) is 25.4. The van der Waals surface area contributed by atoms with Crippen LogP contribution in [0, 0.1) is 10.1 Å². The van der Waals surface area contributed by atoms with Gasteiger partial charge < -0.3 is 19.8 Å². The van der Waals surface area contributed by atoms with Crippen molar-refractivity contribution in [2.45, 2.75) is 89.9 Å². The molecule has 0 radical (unpaired) electrons. The third-order valence-electron chi connectivity index (χ3n) is 5.95. The predicted molar refractivity (Wildman–Crippen MR) is 123 cm³/mol. The molecule has 180 valence electrons. The van der Waals surface area contributed by atoms with E-state index in [1.807, 2.05) is 4.90 Å². The number of hydrogen-bond acceptors (Lipinski definition) is 6. The predicted octanol–water partition coefficient (Wildman–Crippen LogP) is 4.78. The third-order valence-corrected chi connectivity index (χ3v) is 6.34. The Morgan fingerprint density at radius 2 is 2.00 bits per heavy atom. The van der Waals surface area contributed by atoms with Gasteiger partial charge in [-0.2, -0.15) is 0 Å². The van der Waals surface area contributed by atoms with Crippen molar-refractivity contribution in [3.8, 4) is 5.75 Å². The van der Waals surface area contributed by atoms with Gasteiger partial charge in [-0.1, -0.05) is 44.2 Å². The van der Waals surface area contributed by atoms with Crippen LogP contribution in [0.25, 0.3) is 0 Å². The fourth-order valence-electron chi connectivity index (χ4n) is 4.17. The number of rotatable bonds is 12. The zero-order valence-corrected chi connectivity index (χ0v) is 19.7. The second-order valence-electron chi connectivity index (χ2n) is 8.48. The van der Waals surface area contributed by atoms with Gasteiger partial charge >= 0.3 is 0 Å². The molecule has 0 aromatic heterocycles. The zero-order chi connectivity index (χ0) is 23.7. The molecule has 0 heterocycles. The maximum absolute atomic E-state index is 12.9. The Bertz CT molecular complexity index is 767. The molecular formula is C23H35ClN2O6. The second-order valence-corrected chi connectivity index (χ2v) is 8.86. The van der Waals surface area contributed by atoms with Crippen LogP contribution >= 0.6 is 11.6 Å². The van der Waals surface area contributed by atoms with Crippen molar-refractivity contribution in [1.82, 2.24) is 4.90 Å². The molecule has 8 nitrogen and oxygen atoms in total. The highest BCUT2D eigenvalue weighted by Gasteiger charge is 2.26. The fourth-order valence-corrected chi connectivity index (χ4v) is 4.54. The molecule has 1 fully saturated rings. The molecule has 9 heteroatoms. The number of halogens is 1. The number of aliphatic hydroxyl groups is 2. The van der Waals surface area contributed by atoms with Gasteiger partial charge in [-0.15, -0.1) is 0 Å². The zero-order valence-electron chi connectivity index (χ0n) is 19.0. The summed E-state index contributed by atoms with van der Waals surface area (Å²) in [5, 5.41) is 31.3. The van der Waals surface area contributed by atoms with Crippen LogP contribution in [0.3, 0.4) is 0 Å². The molecule has 32 heavy (non-hydrogen) atoms. The average Bonchev–Trinajstić information content (AvgIpc) is 2.77. The van der Waals surface area contributed by atoms with Crippen molar-refractivity contribution < 1.29 is 24.7 Å². The van der Waals surface area contributed by atoms with Crippen LogP contribution in [0.1, 0.15) is 83.3 Å². The number of nitrogens with zero attached hydrogens (tertiary/aromatic N) is 2. The number of aliphatic hydroxyl groups excluding tert-OH is 2. The molecule has 2 rings (SSSR count). The number of hydrogen-bond donors (Lipinski definition) is 2. The van der Waals surface area contributed by atoms with Crippen molar-refractivity contribution in [3.05, 3.63) is 32.8 Å². The Kier molecular flexibility index (Phi) is 10.7. The van der Waals surface area contributed by atoms with E-state index < -0.39 is 17.1 Å². The highest BCUT2D eigenvalue weighted by Crippen LogP contribution is 2.38. The standard InChI is InChI=1S/C23H35ClN2O6/c1-3-4-14-25(17-8-6-5-7-9-17)21(29)13-10-18(28)15-32-20-12-11-19(26(30)31)22(16(2)27)23(20)24/h11-12,16-18,27-28H,3-10,13-15H2,1-2H3. The number of benzene rings is 1. The first kappa shape index (κ1) is 26.4. The SMILES string of the molecule is CCCCN(C(=O)CCC(O)COc1ccc([N+](=O)[O-])c(C(C)O)c1Cl)C1CCCCC1. The van der Waals surface area contributed by atoms with E-state index in [2.05, 4.69) is 6.92 Å². The molecule has 0 bridgehead atoms. The van der Waals surface area contributed by atoms with Gasteiger partial charge in [0, 0.05) is 25.1 Å². The van der Waals surface area contributed by atoms with E-state index in [0.29, 0.717) is 6.04 Å². The number of amides is 1. The highest BCUT2D eigenvalue weighted by atomic mass is 35.5. The quantitative estimate of drug-likeness (QED) is 0.335. The number of carbonyl (C=O) groups excluding carboxylic acids is 1. The van der Waals surface area contributed by atoms with Gasteiger partial charge in [0.05, 0.1) is 27.7 Å². The van der Waals surface area contributed by atoms with E-state index in [1.54, 1.807) is 0 Å². The van der Waals surface area contributed by atoms with Crippen LogP contribution in [0.15, 0.2) is 12.1 Å². The largest absolute Gasteiger partial charge is 0.489 e. The molecule has 2 N–H and O–H groups in total. The van der Waals surface area contributed by atoms with Crippen LogP contribution in [0.4, 0.5) is 5.69 Å². The molecule has 1 aliphatic rings. The van der Waals surface area contributed by atoms with Crippen molar-refractivity contribution >= 4 is 23.2 Å². The monoisotopic (exact) mass is 470 g/mol. The minimum Gasteiger partial charge on any atom is -0.489 e. The summed E-state index contributed by atoms with van der Waals surface area (Å²) in [7, 11) is 0. The van der Waals surface area contributed by atoms with E-state index in [0.717, 1.165) is 45.1 Å². The molecule has 1 aromatic carbocycles. The number of carbonyl (C=O) groups is 1. The normalized spacial score (nSPS) is 16.4. The maximum Gasteiger partial charge on any atom is 0.276 e. The minimum atomic E-state index is -1.15. The van der Waals surface area contributed by atoms with Gasteiger partial charge in [0.25, 0.3) is 5.69 Å².